The van der Waals surface area contributed by atoms with Crippen LogP contribution in [0.25, 0.3) is 12.2 Å². The Hall–Kier alpha value is -2.75. The molecule has 0 bridgehead atoms. The van der Waals surface area contributed by atoms with Gasteiger partial charge in [-0.05, 0) is 35.4 Å². The Bertz CT molecular complexity index is 645. The van der Waals surface area contributed by atoms with Crippen LogP contribution in [0.3, 0.4) is 0 Å². The van der Waals surface area contributed by atoms with Gasteiger partial charge >= 0.3 is 0 Å². The molecule has 0 saturated carbocycles. The number of phenols is 2. The Labute approximate surface area is 117 Å². The van der Waals surface area contributed by atoms with Gasteiger partial charge < -0.3 is 15.5 Å². The smallest absolute Gasteiger partial charge is 0.221 e. The molecule has 0 aliphatic carbocycles. The maximum Gasteiger partial charge on any atom is 0.221 e. The lowest BCUT2D eigenvalue weighted by Crippen LogP contribution is -2.05. The van der Waals surface area contributed by atoms with E-state index in [-0.39, 0.29) is 17.4 Å². The lowest BCUT2D eigenvalue weighted by molar-refractivity contribution is -0.114. The molecule has 2 aromatic rings. The summed E-state index contributed by atoms with van der Waals surface area (Å²) in [6.45, 7) is 1.46. The van der Waals surface area contributed by atoms with E-state index in [1.54, 1.807) is 6.07 Å². The molecule has 0 aromatic heterocycles. The summed E-state index contributed by atoms with van der Waals surface area (Å²) in [5.41, 5.74) is 2.50. The fourth-order valence-electron chi connectivity index (χ4n) is 1.72. The summed E-state index contributed by atoms with van der Waals surface area (Å²) in [6, 6.07) is 12.0. The predicted molar refractivity (Wildman–Crippen MR) is 79.4 cm³/mol. The van der Waals surface area contributed by atoms with E-state index in [1.807, 2.05) is 36.4 Å². The van der Waals surface area contributed by atoms with E-state index in [0.29, 0.717) is 0 Å². The molecule has 0 heterocycles. The molecular weight excluding hydrogens is 254 g/mol. The number of nitrogens with one attached hydrogen (secondary N) is 1. The number of carbonyl (C=O) groups is 1. The molecule has 0 spiro atoms. The predicted octanol–water partition coefficient (Wildman–Crippen LogP) is 3.23. The van der Waals surface area contributed by atoms with Gasteiger partial charge in [0.05, 0.1) is 0 Å². The van der Waals surface area contributed by atoms with Gasteiger partial charge in [-0.1, -0.05) is 30.4 Å². The van der Waals surface area contributed by atoms with Crippen LogP contribution in [0.1, 0.15) is 18.1 Å². The minimum Gasteiger partial charge on any atom is -0.504 e. The maximum atomic E-state index is 10.9. The standard InChI is InChI=1S/C16H15NO3/c1-11(18)17-14-7-4-12(5-8-14)2-3-13-6-9-15(19)16(20)10-13/h2-10,19-20H,1H3,(H,17,18). The Balaban J connectivity index is 2.10. The van der Waals surface area contributed by atoms with Crippen molar-refractivity contribution in [1.82, 2.24) is 0 Å². The summed E-state index contributed by atoms with van der Waals surface area (Å²) in [4.78, 5) is 10.9. The molecular formula is C16H15NO3. The first kappa shape index (κ1) is 13.7. The van der Waals surface area contributed by atoms with E-state index >= 15 is 0 Å². The van der Waals surface area contributed by atoms with E-state index in [4.69, 9.17) is 0 Å². The molecule has 0 radical (unpaired) electrons. The topological polar surface area (TPSA) is 69.6 Å². The van der Waals surface area contributed by atoms with E-state index in [9.17, 15) is 15.0 Å². The van der Waals surface area contributed by atoms with Crippen LogP contribution in [-0.4, -0.2) is 16.1 Å². The van der Waals surface area contributed by atoms with E-state index in [2.05, 4.69) is 5.32 Å². The van der Waals surface area contributed by atoms with Gasteiger partial charge in [-0.3, -0.25) is 4.79 Å². The van der Waals surface area contributed by atoms with Crippen LogP contribution >= 0.6 is 0 Å². The highest BCUT2D eigenvalue weighted by atomic mass is 16.3. The Morgan fingerprint density at radius 3 is 2.15 bits per heavy atom. The summed E-state index contributed by atoms with van der Waals surface area (Å²) in [5, 5.41) is 21.3. The molecule has 4 heteroatoms. The van der Waals surface area contributed by atoms with Gasteiger partial charge in [0.15, 0.2) is 11.5 Å². The molecule has 3 N–H and O–H groups in total. The Kier molecular flexibility index (Phi) is 4.05. The van der Waals surface area contributed by atoms with E-state index in [1.165, 1.54) is 19.1 Å². The quantitative estimate of drug-likeness (QED) is 0.592. The third-order valence-electron chi connectivity index (χ3n) is 2.70. The van der Waals surface area contributed by atoms with Crippen molar-refractivity contribution in [3.8, 4) is 11.5 Å². The molecule has 20 heavy (non-hydrogen) atoms. The molecule has 0 aliphatic heterocycles. The second-order valence-electron chi connectivity index (χ2n) is 4.38. The number of benzene rings is 2. The highest BCUT2D eigenvalue weighted by Crippen LogP contribution is 2.25. The molecule has 2 aromatic carbocycles. The van der Waals surface area contributed by atoms with Crippen LogP contribution in [0.2, 0.25) is 0 Å². The lowest BCUT2D eigenvalue weighted by atomic mass is 10.1. The summed E-state index contributed by atoms with van der Waals surface area (Å²) in [7, 11) is 0. The number of amides is 1. The second kappa shape index (κ2) is 5.93. The van der Waals surface area contributed by atoms with Crippen molar-refractivity contribution in [3.63, 3.8) is 0 Å². The van der Waals surface area contributed by atoms with Gasteiger partial charge in [-0.15, -0.1) is 0 Å². The van der Waals surface area contributed by atoms with Crippen molar-refractivity contribution < 1.29 is 15.0 Å². The monoisotopic (exact) mass is 269 g/mol. The van der Waals surface area contributed by atoms with E-state index in [0.717, 1.165) is 16.8 Å². The molecule has 1 amide bonds. The normalized spacial score (nSPS) is 10.7. The Morgan fingerprint density at radius 2 is 1.55 bits per heavy atom. The molecule has 0 fully saturated rings. The van der Waals surface area contributed by atoms with Gasteiger partial charge in [-0.25, -0.2) is 0 Å². The second-order valence-corrected chi connectivity index (χ2v) is 4.38. The van der Waals surface area contributed by atoms with Crippen molar-refractivity contribution in [1.29, 1.82) is 0 Å². The first-order chi connectivity index (χ1) is 9.54. The van der Waals surface area contributed by atoms with Crippen LogP contribution < -0.4 is 5.32 Å². The largest absolute Gasteiger partial charge is 0.504 e. The fourth-order valence-corrected chi connectivity index (χ4v) is 1.72. The van der Waals surface area contributed by atoms with Crippen molar-refractivity contribution >= 4 is 23.7 Å². The first-order valence-corrected chi connectivity index (χ1v) is 6.12. The number of anilines is 1. The van der Waals surface area contributed by atoms with Gasteiger partial charge in [-0.2, -0.15) is 0 Å². The summed E-state index contributed by atoms with van der Waals surface area (Å²) < 4.78 is 0. The zero-order valence-electron chi connectivity index (χ0n) is 11.0. The van der Waals surface area contributed by atoms with Crippen LogP contribution in [0.5, 0.6) is 11.5 Å². The summed E-state index contributed by atoms with van der Waals surface area (Å²) in [5.74, 6) is -0.386. The molecule has 0 saturated heterocycles. The number of hydrogen-bond acceptors (Lipinski definition) is 3. The van der Waals surface area contributed by atoms with Crippen LogP contribution in [-0.2, 0) is 4.79 Å². The number of carbonyl (C=O) groups excluding carboxylic acids is 1. The maximum absolute atomic E-state index is 10.9. The van der Waals surface area contributed by atoms with Crippen LogP contribution in [0.4, 0.5) is 5.69 Å². The van der Waals surface area contributed by atoms with Crippen molar-refractivity contribution in [2.75, 3.05) is 5.32 Å². The summed E-state index contributed by atoms with van der Waals surface area (Å²) >= 11 is 0. The minimum atomic E-state index is -0.145. The third kappa shape index (κ3) is 3.62. The SMILES string of the molecule is CC(=O)Nc1ccc(C=Cc2ccc(O)c(O)c2)cc1. The molecule has 4 nitrogen and oxygen atoms in total. The number of rotatable bonds is 3. The molecule has 2 rings (SSSR count). The zero-order chi connectivity index (χ0) is 14.5. The van der Waals surface area contributed by atoms with Gasteiger partial charge in [0.25, 0.3) is 0 Å². The fraction of sp³-hybridized carbons (Fsp3) is 0.0625. The molecule has 0 atom stereocenters. The summed E-state index contributed by atoms with van der Waals surface area (Å²) in [6.07, 6.45) is 3.70. The number of phenolic OH excluding ortho intramolecular Hbond substituents is 2. The van der Waals surface area contributed by atoms with Crippen LogP contribution in [0, 0.1) is 0 Å². The molecule has 0 aliphatic rings. The van der Waals surface area contributed by atoms with Gasteiger partial charge in [0.2, 0.25) is 5.91 Å². The first-order valence-electron chi connectivity index (χ1n) is 6.12. The highest BCUT2D eigenvalue weighted by Gasteiger charge is 1.98. The van der Waals surface area contributed by atoms with Gasteiger partial charge in [0, 0.05) is 12.6 Å². The highest BCUT2D eigenvalue weighted by molar-refractivity contribution is 5.88. The Morgan fingerprint density at radius 1 is 0.950 bits per heavy atom. The molecule has 102 valence electrons. The minimum absolute atomic E-state index is 0.104. The van der Waals surface area contributed by atoms with Crippen molar-refractivity contribution in [2.24, 2.45) is 0 Å². The van der Waals surface area contributed by atoms with Crippen LogP contribution in [0.15, 0.2) is 42.5 Å². The number of aromatic hydroxyl groups is 2. The lowest BCUT2D eigenvalue weighted by Gasteiger charge is -2.02. The van der Waals surface area contributed by atoms with Crippen molar-refractivity contribution in [3.05, 3.63) is 53.6 Å². The van der Waals surface area contributed by atoms with E-state index < -0.39 is 0 Å². The zero-order valence-corrected chi connectivity index (χ0v) is 11.0. The van der Waals surface area contributed by atoms with Crippen molar-refractivity contribution in [2.45, 2.75) is 6.92 Å². The average Bonchev–Trinajstić information content (AvgIpc) is 2.41. The van der Waals surface area contributed by atoms with Gasteiger partial charge in [0.1, 0.15) is 0 Å². The average molecular weight is 269 g/mol. The third-order valence-corrected chi connectivity index (χ3v) is 2.70. The molecule has 0 unspecified atom stereocenters. The number of hydrogen-bond donors (Lipinski definition) is 3.